The van der Waals surface area contributed by atoms with Gasteiger partial charge in [-0.3, -0.25) is 4.79 Å². The summed E-state index contributed by atoms with van der Waals surface area (Å²) in [6.45, 7) is 6.47. The summed E-state index contributed by atoms with van der Waals surface area (Å²) in [6, 6.07) is 0. The van der Waals surface area contributed by atoms with Gasteiger partial charge in [0.1, 0.15) is 5.78 Å². The van der Waals surface area contributed by atoms with Crippen molar-refractivity contribution in [2.75, 3.05) is 13.1 Å². The SMILES string of the molecule is CCCCCCCCCCCCC(=O)C1(C)CCNCC1. The Kier molecular flexibility index (Phi) is 9.99. The summed E-state index contributed by atoms with van der Waals surface area (Å²) in [5, 5.41) is 3.35. The first-order chi connectivity index (χ1) is 10.2. The van der Waals surface area contributed by atoms with Crippen LogP contribution in [0.4, 0.5) is 0 Å². The lowest BCUT2D eigenvalue weighted by Gasteiger charge is -2.32. The fourth-order valence-corrected chi connectivity index (χ4v) is 3.33. The highest BCUT2D eigenvalue weighted by atomic mass is 16.1. The predicted molar refractivity (Wildman–Crippen MR) is 91.7 cm³/mol. The second-order valence-electron chi connectivity index (χ2n) is 7.17. The molecule has 0 aromatic carbocycles. The molecule has 0 aromatic heterocycles. The normalized spacial score (nSPS) is 17.8. The van der Waals surface area contributed by atoms with Gasteiger partial charge >= 0.3 is 0 Å². The molecule has 1 aliphatic rings. The fraction of sp³-hybridized carbons (Fsp3) is 0.947. The molecule has 1 N–H and O–H groups in total. The van der Waals surface area contributed by atoms with Gasteiger partial charge in [0.15, 0.2) is 0 Å². The van der Waals surface area contributed by atoms with Gasteiger partial charge in [0, 0.05) is 11.8 Å². The van der Waals surface area contributed by atoms with Crippen LogP contribution in [0.1, 0.15) is 97.3 Å². The average Bonchev–Trinajstić information content (AvgIpc) is 2.49. The van der Waals surface area contributed by atoms with Crippen LogP contribution in [0.25, 0.3) is 0 Å². The fourth-order valence-electron chi connectivity index (χ4n) is 3.33. The zero-order valence-electron chi connectivity index (χ0n) is 14.5. The first-order valence-corrected chi connectivity index (χ1v) is 9.43. The van der Waals surface area contributed by atoms with Crippen molar-refractivity contribution in [2.24, 2.45) is 5.41 Å². The Labute approximate surface area is 132 Å². The lowest BCUT2D eigenvalue weighted by atomic mass is 9.76. The van der Waals surface area contributed by atoms with Crippen LogP contribution >= 0.6 is 0 Å². The van der Waals surface area contributed by atoms with Crippen molar-refractivity contribution in [3.8, 4) is 0 Å². The molecule has 21 heavy (non-hydrogen) atoms. The third-order valence-electron chi connectivity index (χ3n) is 5.14. The monoisotopic (exact) mass is 295 g/mol. The number of hydrogen-bond donors (Lipinski definition) is 1. The van der Waals surface area contributed by atoms with Crippen LogP contribution < -0.4 is 5.32 Å². The largest absolute Gasteiger partial charge is 0.317 e. The molecule has 0 amide bonds. The molecule has 2 heteroatoms. The van der Waals surface area contributed by atoms with Crippen molar-refractivity contribution in [3.63, 3.8) is 0 Å². The zero-order valence-corrected chi connectivity index (χ0v) is 14.5. The van der Waals surface area contributed by atoms with Crippen LogP contribution in [0.5, 0.6) is 0 Å². The Hall–Kier alpha value is -0.370. The molecule has 0 saturated carbocycles. The Morgan fingerprint density at radius 1 is 0.857 bits per heavy atom. The number of hydrogen-bond acceptors (Lipinski definition) is 2. The van der Waals surface area contributed by atoms with Gasteiger partial charge in [0.2, 0.25) is 0 Å². The molecule has 0 radical (unpaired) electrons. The molecular weight excluding hydrogens is 258 g/mol. The van der Waals surface area contributed by atoms with E-state index in [0.717, 1.165) is 38.8 Å². The third-order valence-corrected chi connectivity index (χ3v) is 5.14. The van der Waals surface area contributed by atoms with Gasteiger partial charge in [-0.2, -0.15) is 0 Å². The number of piperidine rings is 1. The van der Waals surface area contributed by atoms with Gasteiger partial charge in [-0.25, -0.2) is 0 Å². The average molecular weight is 296 g/mol. The first-order valence-electron chi connectivity index (χ1n) is 9.43. The number of rotatable bonds is 12. The Morgan fingerprint density at radius 2 is 1.33 bits per heavy atom. The van der Waals surface area contributed by atoms with Crippen molar-refractivity contribution in [1.82, 2.24) is 5.32 Å². The third kappa shape index (κ3) is 7.99. The maximum Gasteiger partial charge on any atom is 0.138 e. The van der Waals surface area contributed by atoms with Gasteiger partial charge in [-0.1, -0.05) is 71.6 Å². The van der Waals surface area contributed by atoms with Gasteiger partial charge < -0.3 is 5.32 Å². The molecule has 0 aromatic rings. The maximum absolute atomic E-state index is 12.3. The van der Waals surface area contributed by atoms with E-state index in [1.165, 1.54) is 57.8 Å². The van der Waals surface area contributed by atoms with E-state index in [9.17, 15) is 4.79 Å². The highest BCUT2D eigenvalue weighted by Gasteiger charge is 2.33. The Bertz CT molecular complexity index is 269. The zero-order chi connectivity index (χ0) is 15.4. The summed E-state index contributed by atoms with van der Waals surface area (Å²) in [7, 11) is 0. The second kappa shape index (κ2) is 11.2. The summed E-state index contributed by atoms with van der Waals surface area (Å²) in [5.74, 6) is 0.517. The van der Waals surface area contributed by atoms with Gasteiger partial charge in [0.25, 0.3) is 0 Å². The summed E-state index contributed by atoms with van der Waals surface area (Å²) >= 11 is 0. The van der Waals surface area contributed by atoms with E-state index in [0.29, 0.717) is 5.78 Å². The lowest BCUT2D eigenvalue weighted by molar-refractivity contribution is -0.129. The summed E-state index contributed by atoms with van der Waals surface area (Å²) < 4.78 is 0. The molecule has 1 heterocycles. The molecule has 1 saturated heterocycles. The van der Waals surface area contributed by atoms with Crippen molar-refractivity contribution < 1.29 is 4.79 Å². The highest BCUT2D eigenvalue weighted by Crippen LogP contribution is 2.31. The minimum atomic E-state index is -0.0233. The number of carbonyl (C=O) groups is 1. The van der Waals surface area contributed by atoms with Crippen molar-refractivity contribution in [2.45, 2.75) is 97.3 Å². The molecule has 0 unspecified atom stereocenters. The van der Waals surface area contributed by atoms with E-state index in [2.05, 4.69) is 19.2 Å². The molecule has 0 bridgehead atoms. The molecule has 2 nitrogen and oxygen atoms in total. The van der Waals surface area contributed by atoms with E-state index in [-0.39, 0.29) is 5.41 Å². The van der Waals surface area contributed by atoms with Crippen molar-refractivity contribution in [1.29, 1.82) is 0 Å². The Balaban J connectivity index is 1.93. The number of nitrogens with one attached hydrogen (secondary N) is 1. The van der Waals surface area contributed by atoms with Crippen molar-refractivity contribution in [3.05, 3.63) is 0 Å². The van der Waals surface area contributed by atoms with Crippen LogP contribution in [0.15, 0.2) is 0 Å². The number of Topliss-reactive ketones (excluding diaryl/α,β-unsaturated/α-hetero) is 1. The molecule has 1 rings (SSSR count). The van der Waals surface area contributed by atoms with E-state index in [1.54, 1.807) is 0 Å². The molecule has 124 valence electrons. The number of carbonyl (C=O) groups excluding carboxylic acids is 1. The number of unbranched alkanes of at least 4 members (excludes halogenated alkanes) is 9. The van der Waals surface area contributed by atoms with Crippen LogP contribution in [-0.4, -0.2) is 18.9 Å². The van der Waals surface area contributed by atoms with E-state index in [4.69, 9.17) is 0 Å². The van der Waals surface area contributed by atoms with Gasteiger partial charge in [-0.15, -0.1) is 0 Å². The smallest absolute Gasteiger partial charge is 0.138 e. The molecule has 1 aliphatic heterocycles. The van der Waals surface area contributed by atoms with Crippen LogP contribution in [0, 0.1) is 5.41 Å². The molecule has 0 spiro atoms. The molecule has 0 aliphatic carbocycles. The standard InChI is InChI=1S/C19H37NO/c1-3-4-5-6-7-8-9-10-11-12-13-18(21)19(2)14-16-20-17-15-19/h20H,3-17H2,1-2H3. The summed E-state index contributed by atoms with van der Waals surface area (Å²) in [4.78, 5) is 12.3. The van der Waals surface area contributed by atoms with Crippen LogP contribution in [0.3, 0.4) is 0 Å². The minimum Gasteiger partial charge on any atom is -0.317 e. The number of ketones is 1. The summed E-state index contributed by atoms with van der Waals surface area (Å²) in [5.41, 5.74) is -0.0233. The molecule has 1 fully saturated rings. The highest BCUT2D eigenvalue weighted by molar-refractivity contribution is 5.84. The van der Waals surface area contributed by atoms with E-state index >= 15 is 0 Å². The van der Waals surface area contributed by atoms with Gasteiger partial charge in [-0.05, 0) is 32.4 Å². The van der Waals surface area contributed by atoms with Crippen LogP contribution in [-0.2, 0) is 4.79 Å². The topological polar surface area (TPSA) is 29.1 Å². The second-order valence-corrected chi connectivity index (χ2v) is 7.17. The summed E-state index contributed by atoms with van der Waals surface area (Å²) in [6.07, 6.45) is 16.3. The first kappa shape index (κ1) is 18.7. The van der Waals surface area contributed by atoms with Crippen LogP contribution in [0.2, 0.25) is 0 Å². The molecule has 0 atom stereocenters. The van der Waals surface area contributed by atoms with Gasteiger partial charge in [0.05, 0.1) is 0 Å². The quantitative estimate of drug-likeness (QED) is 0.498. The minimum absolute atomic E-state index is 0.0233. The van der Waals surface area contributed by atoms with Crippen molar-refractivity contribution >= 4 is 5.78 Å². The maximum atomic E-state index is 12.3. The molecular formula is C19H37NO. The van der Waals surface area contributed by atoms with E-state index in [1.807, 2.05) is 0 Å². The van der Waals surface area contributed by atoms with E-state index < -0.39 is 0 Å². The Morgan fingerprint density at radius 3 is 1.86 bits per heavy atom. The predicted octanol–water partition coefficient (Wildman–Crippen LogP) is 5.26. The lowest BCUT2D eigenvalue weighted by Crippen LogP contribution is -2.39.